The van der Waals surface area contributed by atoms with Crippen molar-refractivity contribution in [2.45, 2.75) is 6.92 Å². The van der Waals surface area contributed by atoms with Crippen molar-refractivity contribution in [1.82, 2.24) is 0 Å². The van der Waals surface area contributed by atoms with Crippen LogP contribution in [0.15, 0.2) is 0 Å². The van der Waals surface area contributed by atoms with Crippen molar-refractivity contribution in [3.63, 3.8) is 0 Å². The number of aliphatic hydroxyl groups excluding tert-OH is 4. The maximum atomic E-state index is 9.00. The molecule has 0 amide bonds. The predicted octanol–water partition coefficient (Wildman–Crippen LogP) is -2.30. The van der Waals surface area contributed by atoms with Gasteiger partial charge in [-0.05, 0) is 0 Å². The average Bonchev–Trinajstić information content (AvgIpc) is 2.16. The standard InChI is InChI=1S/C2H4O2.4CH4O.H2O/c1-2(3)4;4*1-2;/h1H3,(H,3,4);4*2H,1H3;1H2. The van der Waals surface area contributed by atoms with Crippen LogP contribution in [-0.4, -0.2) is 65.4 Å². The zero-order chi connectivity index (χ0) is 11.6. The van der Waals surface area contributed by atoms with Crippen LogP contribution in [-0.2, 0) is 4.79 Å². The number of carboxylic acids is 1. The highest BCUT2D eigenvalue weighted by Gasteiger charge is 1.65. The van der Waals surface area contributed by atoms with Crippen molar-refractivity contribution in [3.05, 3.63) is 0 Å². The van der Waals surface area contributed by atoms with E-state index in [0.29, 0.717) is 0 Å². The molecule has 0 heterocycles. The first kappa shape index (κ1) is 39.6. The van der Waals surface area contributed by atoms with Gasteiger partial charge in [0, 0.05) is 35.4 Å². The molecular weight excluding hydrogens is 184 g/mol. The summed E-state index contributed by atoms with van der Waals surface area (Å²) in [6.45, 7) is 1.08. The minimum atomic E-state index is -0.833. The molecule has 0 aliphatic carbocycles. The summed E-state index contributed by atoms with van der Waals surface area (Å²) < 4.78 is 0. The third kappa shape index (κ3) is 1820. The number of hydrogen-bond acceptors (Lipinski definition) is 5. The van der Waals surface area contributed by atoms with Crippen LogP contribution in [0.4, 0.5) is 0 Å². The summed E-state index contributed by atoms with van der Waals surface area (Å²) in [5, 5.41) is 35.4. The van der Waals surface area contributed by atoms with E-state index in [1.165, 1.54) is 0 Å². The van der Waals surface area contributed by atoms with E-state index >= 15 is 0 Å². The third-order valence-electron chi connectivity index (χ3n) is 0. The maximum Gasteiger partial charge on any atom is 0.300 e. The van der Waals surface area contributed by atoms with Gasteiger partial charge in [-0.3, -0.25) is 4.79 Å². The van der Waals surface area contributed by atoms with Crippen molar-refractivity contribution in [1.29, 1.82) is 0 Å². The first-order valence-electron chi connectivity index (χ1n) is 2.72. The Bertz CT molecular complexity index is 36.0. The number of rotatable bonds is 0. The molecule has 7 N–H and O–H groups in total. The van der Waals surface area contributed by atoms with E-state index in [0.717, 1.165) is 35.4 Å². The Labute approximate surface area is 78.2 Å². The number of aliphatic carboxylic acids is 1. The van der Waals surface area contributed by atoms with Gasteiger partial charge in [0.2, 0.25) is 0 Å². The Kier molecular flexibility index (Phi) is 703. The largest absolute Gasteiger partial charge is 0.481 e. The minimum Gasteiger partial charge on any atom is -0.481 e. The number of aliphatic hydroxyl groups is 4. The molecule has 0 bridgehead atoms. The van der Waals surface area contributed by atoms with E-state index in [9.17, 15) is 0 Å². The maximum absolute atomic E-state index is 9.00. The summed E-state index contributed by atoms with van der Waals surface area (Å²) in [6, 6.07) is 0. The smallest absolute Gasteiger partial charge is 0.300 e. The summed E-state index contributed by atoms with van der Waals surface area (Å²) in [7, 11) is 4.00. The lowest BCUT2D eigenvalue weighted by Crippen LogP contribution is -1.78. The van der Waals surface area contributed by atoms with E-state index in [1.807, 2.05) is 0 Å². The SMILES string of the molecule is CC(=O)O.CO.CO.CO.CO.O. The first-order chi connectivity index (χ1) is 5.73. The number of carboxylic acid groups (broad SMARTS) is 1. The normalized spacial score (nSPS) is 3.77. The summed E-state index contributed by atoms with van der Waals surface area (Å²) in [5.74, 6) is -0.833. The summed E-state index contributed by atoms with van der Waals surface area (Å²) in [4.78, 5) is 9.00. The second kappa shape index (κ2) is 231. The third-order valence-corrected chi connectivity index (χ3v) is 0. The highest BCUT2D eigenvalue weighted by atomic mass is 16.4. The molecule has 0 saturated carbocycles. The lowest BCUT2D eigenvalue weighted by molar-refractivity contribution is -0.134. The Morgan fingerprint density at radius 1 is 0.769 bits per heavy atom. The van der Waals surface area contributed by atoms with Gasteiger partial charge in [-0.15, -0.1) is 0 Å². The monoisotopic (exact) mass is 206 g/mol. The fourth-order valence-corrected chi connectivity index (χ4v) is 0. The van der Waals surface area contributed by atoms with Crippen molar-refractivity contribution < 1.29 is 35.8 Å². The van der Waals surface area contributed by atoms with Gasteiger partial charge >= 0.3 is 0 Å². The molecule has 0 rings (SSSR count). The fraction of sp³-hybridized carbons (Fsp3) is 0.833. The lowest BCUT2D eigenvalue weighted by Gasteiger charge is -1.59. The molecule has 0 fully saturated rings. The Morgan fingerprint density at radius 2 is 0.769 bits per heavy atom. The van der Waals surface area contributed by atoms with Gasteiger partial charge in [-0.2, -0.15) is 0 Å². The van der Waals surface area contributed by atoms with E-state index in [2.05, 4.69) is 0 Å². The highest BCUT2D eigenvalue weighted by molar-refractivity contribution is 5.62. The molecular formula is C6H22O7. The van der Waals surface area contributed by atoms with E-state index in [1.54, 1.807) is 0 Å². The quantitative estimate of drug-likeness (QED) is 0.301. The Hall–Kier alpha value is -0.730. The van der Waals surface area contributed by atoms with Gasteiger partial charge < -0.3 is 31.0 Å². The summed E-state index contributed by atoms with van der Waals surface area (Å²) in [6.07, 6.45) is 0. The van der Waals surface area contributed by atoms with Crippen LogP contribution in [0.1, 0.15) is 6.92 Å². The molecule has 0 aromatic rings. The topological polar surface area (TPSA) is 150 Å². The highest BCUT2D eigenvalue weighted by Crippen LogP contribution is 1.42. The van der Waals surface area contributed by atoms with Crippen LogP contribution < -0.4 is 0 Å². The Balaban J connectivity index is -0.0000000122. The van der Waals surface area contributed by atoms with Crippen molar-refractivity contribution >= 4 is 5.97 Å². The van der Waals surface area contributed by atoms with Crippen molar-refractivity contribution in [2.75, 3.05) is 28.4 Å². The molecule has 0 spiro atoms. The molecule has 88 valence electrons. The molecule has 0 radical (unpaired) electrons. The average molecular weight is 206 g/mol. The second-order valence-electron chi connectivity index (χ2n) is 0.519. The molecule has 7 nitrogen and oxygen atoms in total. The molecule has 7 heteroatoms. The van der Waals surface area contributed by atoms with Gasteiger partial charge in [0.05, 0.1) is 0 Å². The van der Waals surface area contributed by atoms with E-state index in [-0.39, 0.29) is 5.48 Å². The summed E-state index contributed by atoms with van der Waals surface area (Å²) >= 11 is 0. The number of carbonyl (C=O) groups is 1. The van der Waals surface area contributed by atoms with Gasteiger partial charge in [-0.1, -0.05) is 0 Å². The van der Waals surface area contributed by atoms with Gasteiger partial charge in [0.25, 0.3) is 5.97 Å². The van der Waals surface area contributed by atoms with E-state index < -0.39 is 5.97 Å². The molecule has 0 aliphatic heterocycles. The van der Waals surface area contributed by atoms with Crippen LogP contribution in [0.2, 0.25) is 0 Å². The molecule has 0 aromatic heterocycles. The second-order valence-corrected chi connectivity index (χ2v) is 0.519. The predicted molar refractivity (Wildman–Crippen MR) is 49.5 cm³/mol. The van der Waals surface area contributed by atoms with E-state index in [4.69, 9.17) is 30.3 Å². The molecule has 0 saturated heterocycles. The van der Waals surface area contributed by atoms with Gasteiger partial charge in [-0.25, -0.2) is 0 Å². The molecule has 13 heavy (non-hydrogen) atoms. The summed E-state index contributed by atoms with van der Waals surface area (Å²) in [5.41, 5.74) is 0. The lowest BCUT2D eigenvalue weighted by atomic mass is 10.9. The molecule has 0 unspecified atom stereocenters. The number of hydrogen-bond donors (Lipinski definition) is 5. The van der Waals surface area contributed by atoms with Gasteiger partial charge in [0.1, 0.15) is 0 Å². The van der Waals surface area contributed by atoms with Crippen molar-refractivity contribution in [2.24, 2.45) is 0 Å². The van der Waals surface area contributed by atoms with Crippen LogP contribution >= 0.6 is 0 Å². The van der Waals surface area contributed by atoms with Crippen LogP contribution in [0, 0.1) is 0 Å². The van der Waals surface area contributed by atoms with Crippen LogP contribution in [0.5, 0.6) is 0 Å². The van der Waals surface area contributed by atoms with Crippen LogP contribution in [0.3, 0.4) is 0 Å². The first-order valence-corrected chi connectivity index (χ1v) is 2.72. The van der Waals surface area contributed by atoms with Gasteiger partial charge in [0.15, 0.2) is 0 Å². The Morgan fingerprint density at radius 3 is 0.769 bits per heavy atom. The molecule has 0 aliphatic rings. The zero-order valence-corrected chi connectivity index (χ0v) is 8.64. The fourth-order valence-electron chi connectivity index (χ4n) is 0. The van der Waals surface area contributed by atoms with Crippen LogP contribution in [0.25, 0.3) is 0 Å². The van der Waals surface area contributed by atoms with Crippen molar-refractivity contribution in [3.8, 4) is 0 Å². The zero-order valence-electron chi connectivity index (χ0n) is 8.64. The molecule has 0 aromatic carbocycles. The minimum absolute atomic E-state index is 0. The molecule has 0 atom stereocenters.